The SMILES string of the molecule is CC.Cc1ccc(-c2ncc[nH]2)cc1. The minimum atomic E-state index is 0.926. The normalized spacial score (nSPS) is 9.07. The molecule has 2 heteroatoms. The lowest BCUT2D eigenvalue weighted by Crippen LogP contribution is -1.79. The van der Waals surface area contributed by atoms with Crippen molar-refractivity contribution >= 4 is 0 Å². The number of H-pyrrole nitrogens is 1. The summed E-state index contributed by atoms with van der Waals surface area (Å²) in [6.07, 6.45) is 3.59. The number of nitrogens with zero attached hydrogens (tertiary/aromatic N) is 1. The molecule has 0 spiro atoms. The van der Waals surface area contributed by atoms with Gasteiger partial charge in [-0.3, -0.25) is 0 Å². The molecule has 0 aliphatic rings. The summed E-state index contributed by atoms with van der Waals surface area (Å²) in [6.45, 7) is 6.08. The van der Waals surface area contributed by atoms with Crippen molar-refractivity contribution in [1.29, 1.82) is 0 Å². The van der Waals surface area contributed by atoms with Gasteiger partial charge in [0, 0.05) is 18.0 Å². The van der Waals surface area contributed by atoms with Gasteiger partial charge < -0.3 is 4.98 Å². The van der Waals surface area contributed by atoms with Crippen LogP contribution in [0, 0.1) is 6.92 Å². The summed E-state index contributed by atoms with van der Waals surface area (Å²) in [6, 6.07) is 8.29. The highest BCUT2D eigenvalue weighted by Crippen LogP contribution is 2.14. The molecule has 0 amide bonds. The van der Waals surface area contributed by atoms with Crippen LogP contribution in [0.2, 0.25) is 0 Å². The van der Waals surface area contributed by atoms with E-state index >= 15 is 0 Å². The Labute approximate surface area is 85.0 Å². The number of benzene rings is 1. The fourth-order valence-electron chi connectivity index (χ4n) is 1.13. The van der Waals surface area contributed by atoms with Gasteiger partial charge in [-0.2, -0.15) is 0 Å². The molecule has 0 saturated heterocycles. The Bertz CT molecular complexity index is 346. The van der Waals surface area contributed by atoms with Crippen LogP contribution in [0.15, 0.2) is 36.7 Å². The number of aromatic amines is 1. The molecule has 0 bridgehead atoms. The highest BCUT2D eigenvalue weighted by Gasteiger charge is 1.96. The zero-order valence-electron chi connectivity index (χ0n) is 8.91. The van der Waals surface area contributed by atoms with E-state index in [0.717, 1.165) is 11.4 Å². The first kappa shape index (κ1) is 10.5. The number of nitrogens with one attached hydrogen (secondary N) is 1. The van der Waals surface area contributed by atoms with Gasteiger partial charge in [-0.15, -0.1) is 0 Å². The number of rotatable bonds is 1. The van der Waals surface area contributed by atoms with Crippen molar-refractivity contribution in [3.63, 3.8) is 0 Å². The highest BCUT2D eigenvalue weighted by atomic mass is 14.9. The Morgan fingerprint density at radius 2 is 1.71 bits per heavy atom. The predicted octanol–water partition coefficient (Wildman–Crippen LogP) is 3.41. The van der Waals surface area contributed by atoms with E-state index in [4.69, 9.17) is 0 Å². The van der Waals surface area contributed by atoms with Crippen LogP contribution in [-0.2, 0) is 0 Å². The number of aryl methyl sites for hydroxylation is 1. The molecule has 0 atom stereocenters. The lowest BCUT2D eigenvalue weighted by molar-refractivity contribution is 1.30. The fraction of sp³-hybridized carbons (Fsp3) is 0.250. The third kappa shape index (κ3) is 2.46. The van der Waals surface area contributed by atoms with Crippen LogP contribution in [0.25, 0.3) is 11.4 Å². The first-order valence-electron chi connectivity index (χ1n) is 4.93. The van der Waals surface area contributed by atoms with Crippen LogP contribution in [0.1, 0.15) is 19.4 Å². The van der Waals surface area contributed by atoms with Crippen molar-refractivity contribution in [3.05, 3.63) is 42.2 Å². The molecule has 0 fully saturated rings. The zero-order valence-corrected chi connectivity index (χ0v) is 8.91. The van der Waals surface area contributed by atoms with Crippen molar-refractivity contribution in [3.8, 4) is 11.4 Å². The molecular weight excluding hydrogens is 172 g/mol. The predicted molar refractivity (Wildman–Crippen MR) is 60.1 cm³/mol. The van der Waals surface area contributed by atoms with Gasteiger partial charge >= 0.3 is 0 Å². The van der Waals surface area contributed by atoms with Gasteiger partial charge in [-0.1, -0.05) is 43.7 Å². The number of hydrogen-bond acceptors (Lipinski definition) is 1. The van der Waals surface area contributed by atoms with Crippen LogP contribution in [0.5, 0.6) is 0 Å². The summed E-state index contributed by atoms with van der Waals surface area (Å²) in [5.74, 6) is 0.926. The first-order chi connectivity index (χ1) is 6.86. The van der Waals surface area contributed by atoms with E-state index in [-0.39, 0.29) is 0 Å². The maximum Gasteiger partial charge on any atom is 0.137 e. The maximum atomic E-state index is 4.16. The van der Waals surface area contributed by atoms with Gasteiger partial charge in [0.15, 0.2) is 0 Å². The van der Waals surface area contributed by atoms with E-state index < -0.39 is 0 Å². The molecule has 2 aromatic rings. The third-order valence-corrected chi connectivity index (χ3v) is 1.82. The van der Waals surface area contributed by atoms with E-state index in [1.54, 1.807) is 6.20 Å². The van der Waals surface area contributed by atoms with Crippen LogP contribution >= 0.6 is 0 Å². The van der Waals surface area contributed by atoms with Gasteiger partial charge in [0.2, 0.25) is 0 Å². The second-order valence-corrected chi connectivity index (χ2v) is 2.80. The van der Waals surface area contributed by atoms with Crippen LogP contribution < -0.4 is 0 Å². The van der Waals surface area contributed by atoms with Gasteiger partial charge in [0.05, 0.1) is 0 Å². The standard InChI is InChI=1S/C10H10N2.C2H6/c1-8-2-4-9(5-3-8)10-11-6-7-12-10;1-2/h2-7H,1H3,(H,11,12);1-2H3. The number of hydrogen-bond donors (Lipinski definition) is 1. The molecule has 2 nitrogen and oxygen atoms in total. The van der Waals surface area contributed by atoms with Gasteiger partial charge in [0.1, 0.15) is 5.82 Å². The van der Waals surface area contributed by atoms with Gasteiger partial charge in [-0.05, 0) is 6.92 Å². The third-order valence-electron chi connectivity index (χ3n) is 1.82. The van der Waals surface area contributed by atoms with Gasteiger partial charge in [0.25, 0.3) is 0 Å². The van der Waals surface area contributed by atoms with E-state index in [1.165, 1.54) is 5.56 Å². The Kier molecular flexibility index (Phi) is 3.92. The molecule has 1 aromatic carbocycles. The minimum Gasteiger partial charge on any atom is -0.345 e. The topological polar surface area (TPSA) is 28.7 Å². The minimum absolute atomic E-state index is 0.926. The lowest BCUT2D eigenvalue weighted by atomic mass is 10.1. The van der Waals surface area contributed by atoms with Crippen LogP contribution in [0.3, 0.4) is 0 Å². The highest BCUT2D eigenvalue weighted by molar-refractivity contribution is 5.54. The van der Waals surface area contributed by atoms with Crippen molar-refractivity contribution in [2.24, 2.45) is 0 Å². The number of aromatic nitrogens is 2. The molecule has 0 radical (unpaired) electrons. The lowest BCUT2D eigenvalue weighted by Gasteiger charge is -1.96. The molecule has 14 heavy (non-hydrogen) atoms. The van der Waals surface area contributed by atoms with Crippen molar-refractivity contribution in [2.45, 2.75) is 20.8 Å². The summed E-state index contributed by atoms with van der Waals surface area (Å²) in [5, 5.41) is 0. The Hall–Kier alpha value is -1.57. The van der Waals surface area contributed by atoms with Crippen molar-refractivity contribution < 1.29 is 0 Å². The summed E-state index contributed by atoms with van der Waals surface area (Å²) in [4.78, 5) is 7.22. The fourth-order valence-corrected chi connectivity index (χ4v) is 1.13. The van der Waals surface area contributed by atoms with E-state index in [0.29, 0.717) is 0 Å². The summed E-state index contributed by atoms with van der Waals surface area (Å²) in [5.41, 5.74) is 2.40. The van der Waals surface area contributed by atoms with E-state index in [9.17, 15) is 0 Å². The molecular formula is C12H16N2. The van der Waals surface area contributed by atoms with E-state index in [2.05, 4.69) is 41.2 Å². The Balaban J connectivity index is 0.000000461. The Morgan fingerprint density at radius 1 is 1.07 bits per heavy atom. The average molecular weight is 188 g/mol. The molecule has 1 aromatic heterocycles. The van der Waals surface area contributed by atoms with E-state index in [1.807, 2.05) is 20.0 Å². The van der Waals surface area contributed by atoms with Crippen LogP contribution in [0.4, 0.5) is 0 Å². The zero-order chi connectivity index (χ0) is 10.4. The average Bonchev–Trinajstić information content (AvgIpc) is 2.75. The van der Waals surface area contributed by atoms with Gasteiger partial charge in [-0.25, -0.2) is 4.98 Å². The molecule has 2 rings (SSSR count). The van der Waals surface area contributed by atoms with Crippen molar-refractivity contribution in [2.75, 3.05) is 0 Å². The molecule has 1 N–H and O–H groups in total. The number of imidazole rings is 1. The van der Waals surface area contributed by atoms with Crippen LogP contribution in [-0.4, -0.2) is 9.97 Å². The summed E-state index contributed by atoms with van der Waals surface area (Å²) >= 11 is 0. The largest absolute Gasteiger partial charge is 0.345 e. The molecule has 74 valence electrons. The summed E-state index contributed by atoms with van der Waals surface area (Å²) < 4.78 is 0. The molecule has 0 saturated carbocycles. The quantitative estimate of drug-likeness (QED) is 0.730. The molecule has 0 aliphatic heterocycles. The van der Waals surface area contributed by atoms with Crippen molar-refractivity contribution in [1.82, 2.24) is 9.97 Å². The smallest absolute Gasteiger partial charge is 0.137 e. The molecule has 1 heterocycles. The molecule has 0 aliphatic carbocycles. The summed E-state index contributed by atoms with van der Waals surface area (Å²) in [7, 11) is 0. The maximum absolute atomic E-state index is 4.16. The second-order valence-electron chi connectivity index (χ2n) is 2.80. The Morgan fingerprint density at radius 3 is 2.21 bits per heavy atom. The molecule has 0 unspecified atom stereocenters. The monoisotopic (exact) mass is 188 g/mol. The second kappa shape index (κ2) is 5.22. The first-order valence-corrected chi connectivity index (χ1v) is 4.93.